The van der Waals surface area contributed by atoms with Gasteiger partial charge in [0.15, 0.2) is 0 Å². The molecule has 0 aromatic rings. The molecule has 1 nitrogen and oxygen atoms in total. The summed E-state index contributed by atoms with van der Waals surface area (Å²) in [6, 6.07) is 0.726. The lowest BCUT2D eigenvalue weighted by atomic mass is 9.38. The third kappa shape index (κ3) is 0.412. The van der Waals surface area contributed by atoms with E-state index in [1.165, 1.54) is 19.3 Å². The molecule has 1 N–H and O–H groups in total. The minimum Gasteiger partial charge on any atom is -0.304 e. The first-order chi connectivity index (χ1) is 6.12. The Kier molecular flexibility index (Phi) is 0.824. The van der Waals surface area contributed by atoms with Crippen molar-refractivity contribution in [3.8, 4) is 0 Å². The van der Waals surface area contributed by atoms with Gasteiger partial charge in [-0.15, -0.1) is 0 Å². The molecule has 1 aliphatic heterocycles. The van der Waals surface area contributed by atoms with Crippen LogP contribution in [0.1, 0.15) is 33.1 Å². The molecule has 4 rings (SSSR count). The Bertz CT molecular complexity index is 334. The van der Waals surface area contributed by atoms with Gasteiger partial charge in [0.2, 0.25) is 0 Å². The van der Waals surface area contributed by atoms with Crippen LogP contribution in [0.15, 0.2) is 12.2 Å². The Balaban J connectivity index is 1.95. The van der Waals surface area contributed by atoms with Crippen molar-refractivity contribution in [3.63, 3.8) is 0 Å². The number of hydrogen-bond acceptors (Lipinski definition) is 1. The lowest BCUT2D eigenvalue weighted by Crippen LogP contribution is -2.82. The molecule has 13 heavy (non-hydrogen) atoms. The van der Waals surface area contributed by atoms with Gasteiger partial charge >= 0.3 is 0 Å². The van der Waals surface area contributed by atoms with Crippen molar-refractivity contribution in [2.45, 2.75) is 44.7 Å². The highest BCUT2D eigenvalue weighted by atomic mass is 15.2. The molecule has 5 atom stereocenters. The van der Waals surface area contributed by atoms with Crippen LogP contribution >= 0.6 is 0 Å². The van der Waals surface area contributed by atoms with Crippen molar-refractivity contribution in [1.29, 1.82) is 0 Å². The van der Waals surface area contributed by atoms with Crippen LogP contribution in [0.4, 0.5) is 0 Å². The quantitative estimate of drug-likeness (QED) is 0.556. The smallest absolute Gasteiger partial charge is 0.0340 e. The van der Waals surface area contributed by atoms with E-state index < -0.39 is 0 Å². The minimum atomic E-state index is 0.485. The molecule has 0 aromatic heterocycles. The van der Waals surface area contributed by atoms with Crippen molar-refractivity contribution in [1.82, 2.24) is 5.32 Å². The van der Waals surface area contributed by atoms with Crippen molar-refractivity contribution in [2.24, 2.45) is 16.7 Å². The van der Waals surface area contributed by atoms with Crippen molar-refractivity contribution in [2.75, 3.05) is 0 Å². The van der Waals surface area contributed by atoms with Gasteiger partial charge in [-0.25, -0.2) is 0 Å². The van der Waals surface area contributed by atoms with Crippen LogP contribution in [0.5, 0.6) is 0 Å². The summed E-state index contributed by atoms with van der Waals surface area (Å²) >= 11 is 0. The van der Waals surface area contributed by atoms with Gasteiger partial charge in [-0.1, -0.05) is 19.1 Å². The average molecular weight is 175 g/mol. The van der Waals surface area contributed by atoms with E-state index in [0.717, 1.165) is 12.0 Å². The van der Waals surface area contributed by atoms with Gasteiger partial charge in [-0.2, -0.15) is 0 Å². The lowest BCUT2D eigenvalue weighted by Gasteiger charge is -2.72. The Morgan fingerprint density at radius 3 is 2.92 bits per heavy atom. The number of nitrogens with one attached hydrogen (secondary N) is 1. The molecular weight excluding hydrogens is 158 g/mol. The molecule has 1 spiro atoms. The highest BCUT2D eigenvalue weighted by Gasteiger charge is 2.81. The second kappa shape index (κ2) is 1.52. The summed E-state index contributed by atoms with van der Waals surface area (Å²) in [6.45, 7) is 4.93. The summed E-state index contributed by atoms with van der Waals surface area (Å²) in [5.41, 5.74) is 1.69. The van der Waals surface area contributed by atoms with Gasteiger partial charge in [0, 0.05) is 17.0 Å². The van der Waals surface area contributed by atoms with Crippen LogP contribution < -0.4 is 5.32 Å². The van der Waals surface area contributed by atoms with Gasteiger partial charge in [-0.05, 0) is 37.5 Å². The van der Waals surface area contributed by atoms with Gasteiger partial charge in [-0.3, -0.25) is 0 Å². The molecular formula is C12H17N. The Morgan fingerprint density at radius 1 is 1.38 bits per heavy atom. The van der Waals surface area contributed by atoms with Gasteiger partial charge < -0.3 is 5.32 Å². The van der Waals surface area contributed by atoms with E-state index in [0.29, 0.717) is 16.4 Å². The van der Waals surface area contributed by atoms with Crippen LogP contribution in [0.25, 0.3) is 0 Å². The first-order valence-corrected chi connectivity index (χ1v) is 5.59. The number of hydrogen-bond donors (Lipinski definition) is 1. The molecule has 0 amide bonds. The molecule has 3 aliphatic carbocycles. The third-order valence-electron chi connectivity index (χ3n) is 5.79. The highest BCUT2D eigenvalue weighted by molar-refractivity contribution is 5.44. The third-order valence-corrected chi connectivity index (χ3v) is 5.79. The van der Waals surface area contributed by atoms with Gasteiger partial charge in [0.1, 0.15) is 0 Å². The predicted molar refractivity (Wildman–Crippen MR) is 52.3 cm³/mol. The molecule has 0 bridgehead atoms. The van der Waals surface area contributed by atoms with Crippen LogP contribution in [0, 0.1) is 16.7 Å². The molecule has 70 valence electrons. The SMILES string of the molecule is CC12CCC3C[C@]4(C)C=CC(N1)C324. The molecule has 0 aromatic carbocycles. The topological polar surface area (TPSA) is 12.0 Å². The maximum Gasteiger partial charge on any atom is 0.0340 e. The summed E-state index contributed by atoms with van der Waals surface area (Å²) in [5, 5.41) is 3.77. The summed E-state index contributed by atoms with van der Waals surface area (Å²) in [4.78, 5) is 0. The minimum absolute atomic E-state index is 0.485. The van der Waals surface area contributed by atoms with E-state index in [4.69, 9.17) is 0 Å². The van der Waals surface area contributed by atoms with Crippen LogP contribution in [0.3, 0.4) is 0 Å². The van der Waals surface area contributed by atoms with Crippen LogP contribution in [-0.4, -0.2) is 11.6 Å². The number of rotatable bonds is 0. The molecule has 4 unspecified atom stereocenters. The maximum absolute atomic E-state index is 3.77. The molecule has 0 radical (unpaired) electrons. The lowest BCUT2D eigenvalue weighted by molar-refractivity contribution is -0.190. The molecule has 1 saturated heterocycles. The zero-order valence-electron chi connectivity index (χ0n) is 8.43. The summed E-state index contributed by atoms with van der Waals surface area (Å²) < 4.78 is 0. The second-order valence-corrected chi connectivity index (χ2v) is 6.04. The van der Waals surface area contributed by atoms with Crippen molar-refractivity contribution < 1.29 is 0 Å². The first-order valence-electron chi connectivity index (χ1n) is 5.59. The summed E-state index contributed by atoms with van der Waals surface area (Å²) in [6.07, 6.45) is 9.27. The fourth-order valence-corrected chi connectivity index (χ4v) is 5.49. The fourth-order valence-electron chi connectivity index (χ4n) is 5.49. The van der Waals surface area contributed by atoms with Gasteiger partial charge in [0.25, 0.3) is 0 Å². The number of allylic oxidation sites excluding steroid dienone is 1. The molecule has 3 fully saturated rings. The highest BCUT2D eigenvalue weighted by Crippen LogP contribution is 2.79. The molecule has 4 aliphatic rings. The summed E-state index contributed by atoms with van der Waals surface area (Å²) in [5.74, 6) is 1.03. The predicted octanol–water partition coefficient (Wildman–Crippen LogP) is 2.09. The van der Waals surface area contributed by atoms with Crippen molar-refractivity contribution >= 4 is 0 Å². The molecule has 1 heterocycles. The maximum atomic E-state index is 3.77. The van der Waals surface area contributed by atoms with E-state index in [1.807, 2.05) is 0 Å². The first kappa shape index (κ1) is 7.05. The zero-order chi connectivity index (χ0) is 8.90. The Morgan fingerprint density at radius 2 is 2.23 bits per heavy atom. The standard InChI is InChI=1S/C12H17N/c1-10-5-4-9-12(10)8(7-10)3-6-11(12,2)13-9/h4-5,8-9,13H,3,6-7H2,1-2H3/t8?,9?,10-,11?,12?/m0/s1. The normalized spacial score (nSPS) is 71.2. The monoisotopic (exact) mass is 175 g/mol. The van der Waals surface area contributed by atoms with Gasteiger partial charge in [0.05, 0.1) is 0 Å². The van der Waals surface area contributed by atoms with Crippen molar-refractivity contribution in [3.05, 3.63) is 12.2 Å². The van der Waals surface area contributed by atoms with E-state index in [1.54, 1.807) is 0 Å². The van der Waals surface area contributed by atoms with E-state index in [-0.39, 0.29) is 0 Å². The van der Waals surface area contributed by atoms with Crippen LogP contribution in [-0.2, 0) is 0 Å². The molecule has 2 saturated carbocycles. The fraction of sp³-hybridized carbons (Fsp3) is 0.833. The molecule has 1 heteroatoms. The Labute approximate surface area is 79.6 Å². The average Bonchev–Trinajstić information content (AvgIpc) is 2.32. The summed E-state index contributed by atoms with van der Waals surface area (Å²) in [7, 11) is 0. The zero-order valence-corrected chi connectivity index (χ0v) is 8.43. The Hall–Kier alpha value is -0.300. The van der Waals surface area contributed by atoms with E-state index in [9.17, 15) is 0 Å². The largest absolute Gasteiger partial charge is 0.304 e. The van der Waals surface area contributed by atoms with Crippen LogP contribution in [0.2, 0.25) is 0 Å². The van der Waals surface area contributed by atoms with E-state index in [2.05, 4.69) is 31.3 Å². The second-order valence-electron chi connectivity index (χ2n) is 6.04. The van der Waals surface area contributed by atoms with E-state index >= 15 is 0 Å².